The van der Waals surface area contributed by atoms with E-state index < -0.39 is 0 Å². The first kappa shape index (κ1) is 19.0. The van der Waals surface area contributed by atoms with Gasteiger partial charge in [-0.05, 0) is 33.0 Å². The summed E-state index contributed by atoms with van der Waals surface area (Å²) in [6.07, 6.45) is 3.39. The molecule has 0 aliphatic rings. The number of carbonyl (C=O) groups excluding carboxylic acids is 1. The van der Waals surface area contributed by atoms with Crippen molar-refractivity contribution in [3.05, 3.63) is 53.5 Å². The lowest BCUT2D eigenvalue weighted by molar-refractivity contribution is 0.0949. The number of aromatic nitrogens is 3. The van der Waals surface area contributed by atoms with Crippen LogP contribution in [0.1, 0.15) is 35.1 Å². The maximum Gasteiger partial charge on any atom is 0.254 e. The zero-order valence-corrected chi connectivity index (χ0v) is 16.5. The van der Waals surface area contributed by atoms with E-state index >= 15 is 0 Å². The van der Waals surface area contributed by atoms with Gasteiger partial charge in [0.2, 0.25) is 0 Å². The van der Waals surface area contributed by atoms with E-state index in [1.165, 1.54) is 0 Å². The molecule has 2 heterocycles. The zero-order valence-electron chi connectivity index (χ0n) is 16.5. The van der Waals surface area contributed by atoms with Crippen LogP contribution in [0.15, 0.2) is 36.5 Å². The first-order valence-corrected chi connectivity index (χ1v) is 9.38. The summed E-state index contributed by atoms with van der Waals surface area (Å²) in [7, 11) is 3.97. The quantitative estimate of drug-likeness (QED) is 0.699. The Morgan fingerprint density at radius 3 is 2.63 bits per heavy atom. The molecule has 0 saturated heterocycles. The third-order valence-electron chi connectivity index (χ3n) is 4.56. The summed E-state index contributed by atoms with van der Waals surface area (Å²) < 4.78 is 1.85. The number of hydrogen-bond acceptors (Lipinski definition) is 4. The highest BCUT2D eigenvalue weighted by atomic mass is 16.1. The van der Waals surface area contributed by atoms with Gasteiger partial charge in [0, 0.05) is 24.8 Å². The minimum Gasteiger partial charge on any atom is -0.351 e. The molecule has 0 aliphatic heterocycles. The largest absolute Gasteiger partial charge is 0.351 e. The van der Waals surface area contributed by atoms with E-state index in [2.05, 4.69) is 29.4 Å². The number of amides is 1. The van der Waals surface area contributed by atoms with Crippen LogP contribution in [0, 0.1) is 6.92 Å². The summed E-state index contributed by atoms with van der Waals surface area (Å²) in [6, 6.07) is 10.1. The molecule has 0 saturated carbocycles. The number of hydrogen-bond donors (Lipinski definition) is 1. The predicted octanol–water partition coefficient (Wildman–Crippen LogP) is 2.95. The van der Waals surface area contributed by atoms with Crippen LogP contribution < -0.4 is 5.32 Å². The molecule has 142 valence electrons. The van der Waals surface area contributed by atoms with E-state index in [9.17, 15) is 4.79 Å². The zero-order chi connectivity index (χ0) is 19.4. The van der Waals surface area contributed by atoms with Crippen LogP contribution in [0.25, 0.3) is 16.8 Å². The Kier molecular flexibility index (Phi) is 5.86. The molecule has 0 radical (unpaired) electrons. The average Bonchev–Trinajstić information content (AvgIpc) is 2.99. The SMILES string of the molecule is CCCc1c(C(=O)NCCN(C)C)cnc2c(-c3ccccc3)c(C)nn12. The number of nitrogens with one attached hydrogen (secondary N) is 1. The van der Waals surface area contributed by atoms with Crippen LogP contribution >= 0.6 is 0 Å². The fraction of sp³-hybridized carbons (Fsp3) is 0.381. The number of fused-ring (bicyclic) bond motifs is 1. The number of likely N-dealkylation sites (N-methyl/N-ethyl adjacent to an activating group) is 1. The van der Waals surface area contributed by atoms with Crippen molar-refractivity contribution in [1.29, 1.82) is 0 Å². The first-order valence-electron chi connectivity index (χ1n) is 9.38. The lowest BCUT2D eigenvalue weighted by Crippen LogP contribution is -2.32. The number of aryl methyl sites for hydroxylation is 2. The van der Waals surface area contributed by atoms with Crippen LogP contribution in [0.4, 0.5) is 0 Å². The summed E-state index contributed by atoms with van der Waals surface area (Å²) >= 11 is 0. The van der Waals surface area contributed by atoms with Gasteiger partial charge in [0.1, 0.15) is 0 Å². The molecule has 1 aromatic carbocycles. The smallest absolute Gasteiger partial charge is 0.254 e. The van der Waals surface area contributed by atoms with Gasteiger partial charge < -0.3 is 10.2 Å². The molecule has 1 amide bonds. The highest BCUT2D eigenvalue weighted by Gasteiger charge is 2.20. The van der Waals surface area contributed by atoms with Crippen LogP contribution in [-0.2, 0) is 6.42 Å². The van der Waals surface area contributed by atoms with Gasteiger partial charge >= 0.3 is 0 Å². The maximum atomic E-state index is 12.7. The molecule has 3 rings (SSSR count). The van der Waals surface area contributed by atoms with Crippen LogP contribution in [0.5, 0.6) is 0 Å². The van der Waals surface area contributed by atoms with E-state index in [1.807, 2.05) is 48.6 Å². The molecule has 2 aromatic heterocycles. The maximum absolute atomic E-state index is 12.7. The first-order chi connectivity index (χ1) is 13.0. The second-order valence-corrected chi connectivity index (χ2v) is 6.99. The van der Waals surface area contributed by atoms with Crippen molar-refractivity contribution in [2.45, 2.75) is 26.7 Å². The molecule has 6 nitrogen and oxygen atoms in total. The summed E-state index contributed by atoms with van der Waals surface area (Å²) in [4.78, 5) is 19.4. The Hall–Kier alpha value is -2.73. The minimum absolute atomic E-state index is 0.0934. The molecule has 0 bridgehead atoms. The Balaban J connectivity index is 2.05. The standard InChI is InChI=1S/C21H27N5O/c1-5-9-18-17(21(27)22-12-13-25(3)4)14-23-20-19(15(2)24-26(18)20)16-10-7-6-8-11-16/h6-8,10-11,14H,5,9,12-13H2,1-4H3,(H,22,27). The van der Waals surface area contributed by atoms with Gasteiger partial charge in [-0.25, -0.2) is 9.50 Å². The Morgan fingerprint density at radius 1 is 1.22 bits per heavy atom. The fourth-order valence-electron chi connectivity index (χ4n) is 3.23. The van der Waals surface area contributed by atoms with Gasteiger partial charge in [-0.1, -0.05) is 43.7 Å². The van der Waals surface area contributed by atoms with Crippen LogP contribution in [0.3, 0.4) is 0 Å². The van der Waals surface area contributed by atoms with Crippen molar-refractivity contribution in [2.75, 3.05) is 27.2 Å². The molecular formula is C21H27N5O. The average molecular weight is 365 g/mol. The third kappa shape index (κ3) is 4.01. The molecular weight excluding hydrogens is 338 g/mol. The normalized spacial score (nSPS) is 11.3. The fourth-order valence-corrected chi connectivity index (χ4v) is 3.23. The Morgan fingerprint density at radius 2 is 1.96 bits per heavy atom. The summed E-state index contributed by atoms with van der Waals surface area (Å²) in [5, 5.41) is 7.71. The van der Waals surface area contributed by atoms with Crippen molar-refractivity contribution in [2.24, 2.45) is 0 Å². The highest BCUT2D eigenvalue weighted by Crippen LogP contribution is 2.28. The van der Waals surface area contributed by atoms with Crippen molar-refractivity contribution < 1.29 is 4.79 Å². The van der Waals surface area contributed by atoms with Gasteiger partial charge in [0.05, 0.1) is 17.0 Å². The summed E-state index contributed by atoms with van der Waals surface area (Å²) in [6.45, 7) is 5.49. The molecule has 0 fully saturated rings. The number of carbonyl (C=O) groups is 1. The van der Waals surface area contributed by atoms with E-state index in [4.69, 9.17) is 5.10 Å². The number of nitrogens with zero attached hydrogens (tertiary/aromatic N) is 4. The second kappa shape index (κ2) is 8.31. The van der Waals surface area contributed by atoms with E-state index in [-0.39, 0.29) is 5.91 Å². The van der Waals surface area contributed by atoms with E-state index in [0.29, 0.717) is 12.1 Å². The van der Waals surface area contributed by atoms with E-state index in [0.717, 1.165) is 47.5 Å². The lowest BCUT2D eigenvalue weighted by Gasteiger charge is -2.13. The predicted molar refractivity (Wildman–Crippen MR) is 108 cm³/mol. The molecule has 0 spiro atoms. The van der Waals surface area contributed by atoms with Crippen molar-refractivity contribution >= 4 is 11.6 Å². The van der Waals surface area contributed by atoms with Crippen LogP contribution in [-0.4, -0.2) is 52.6 Å². The second-order valence-electron chi connectivity index (χ2n) is 6.99. The highest BCUT2D eigenvalue weighted by molar-refractivity contribution is 5.95. The minimum atomic E-state index is -0.0934. The molecule has 3 aromatic rings. The van der Waals surface area contributed by atoms with Gasteiger partial charge in [-0.3, -0.25) is 4.79 Å². The molecule has 6 heteroatoms. The summed E-state index contributed by atoms with van der Waals surface area (Å²) in [5.41, 5.74) is 5.33. The molecule has 1 N–H and O–H groups in total. The van der Waals surface area contributed by atoms with Crippen molar-refractivity contribution in [3.8, 4) is 11.1 Å². The lowest BCUT2D eigenvalue weighted by atomic mass is 10.1. The topological polar surface area (TPSA) is 62.5 Å². The molecule has 0 unspecified atom stereocenters. The number of benzene rings is 1. The summed E-state index contributed by atoms with van der Waals surface area (Å²) in [5.74, 6) is -0.0934. The van der Waals surface area contributed by atoms with Gasteiger partial charge in [0.15, 0.2) is 5.65 Å². The molecule has 0 aliphatic carbocycles. The number of rotatable bonds is 7. The van der Waals surface area contributed by atoms with Gasteiger partial charge in [-0.2, -0.15) is 5.10 Å². The van der Waals surface area contributed by atoms with Crippen molar-refractivity contribution in [1.82, 2.24) is 24.8 Å². The Labute approximate surface area is 160 Å². The van der Waals surface area contributed by atoms with E-state index in [1.54, 1.807) is 6.20 Å². The Bertz CT molecular complexity index is 931. The van der Waals surface area contributed by atoms with Crippen molar-refractivity contribution in [3.63, 3.8) is 0 Å². The molecule has 0 atom stereocenters. The molecule has 27 heavy (non-hydrogen) atoms. The van der Waals surface area contributed by atoms with Gasteiger partial charge in [-0.15, -0.1) is 0 Å². The monoisotopic (exact) mass is 365 g/mol. The van der Waals surface area contributed by atoms with Gasteiger partial charge in [0.25, 0.3) is 5.91 Å². The third-order valence-corrected chi connectivity index (χ3v) is 4.56. The van der Waals surface area contributed by atoms with Crippen LogP contribution in [0.2, 0.25) is 0 Å².